The summed E-state index contributed by atoms with van der Waals surface area (Å²) < 4.78 is 0. The molecular formula is C19H20N2O2. The van der Waals surface area contributed by atoms with E-state index in [0.717, 1.165) is 29.7 Å². The van der Waals surface area contributed by atoms with Crippen LogP contribution in [0.15, 0.2) is 48.5 Å². The fourth-order valence-corrected chi connectivity index (χ4v) is 2.29. The first kappa shape index (κ1) is 15.3. The Balaban J connectivity index is 1.56. The maximum absolute atomic E-state index is 12.2. The maximum Gasteiger partial charge on any atom is 0.255 e. The van der Waals surface area contributed by atoms with Crippen LogP contribution in [0.3, 0.4) is 0 Å². The van der Waals surface area contributed by atoms with E-state index in [1.165, 1.54) is 0 Å². The SMILES string of the molecule is Cc1ccc(NC(=O)c2ccc(CNC(=O)C3CC3)cc2)cc1. The second-order valence-corrected chi connectivity index (χ2v) is 6.01. The van der Waals surface area contributed by atoms with Gasteiger partial charge >= 0.3 is 0 Å². The molecule has 1 saturated carbocycles. The highest BCUT2D eigenvalue weighted by Gasteiger charge is 2.29. The van der Waals surface area contributed by atoms with Crippen LogP contribution in [0.1, 0.15) is 34.3 Å². The van der Waals surface area contributed by atoms with Gasteiger partial charge in [-0.05, 0) is 49.6 Å². The molecule has 0 atom stereocenters. The Hall–Kier alpha value is -2.62. The minimum absolute atomic E-state index is 0.131. The van der Waals surface area contributed by atoms with E-state index >= 15 is 0 Å². The van der Waals surface area contributed by atoms with E-state index in [9.17, 15) is 9.59 Å². The van der Waals surface area contributed by atoms with Crippen LogP contribution < -0.4 is 10.6 Å². The number of carbonyl (C=O) groups is 2. The Morgan fingerprint density at radius 2 is 1.65 bits per heavy atom. The monoisotopic (exact) mass is 308 g/mol. The second kappa shape index (κ2) is 6.65. The number of anilines is 1. The van der Waals surface area contributed by atoms with E-state index in [4.69, 9.17) is 0 Å². The van der Waals surface area contributed by atoms with Crippen molar-refractivity contribution in [3.8, 4) is 0 Å². The van der Waals surface area contributed by atoms with Crippen LogP contribution in [0, 0.1) is 12.8 Å². The van der Waals surface area contributed by atoms with Gasteiger partial charge in [-0.3, -0.25) is 9.59 Å². The third kappa shape index (κ3) is 4.19. The fourth-order valence-electron chi connectivity index (χ4n) is 2.29. The number of benzene rings is 2. The minimum atomic E-state index is -0.137. The molecule has 23 heavy (non-hydrogen) atoms. The van der Waals surface area contributed by atoms with Crippen molar-refractivity contribution in [3.63, 3.8) is 0 Å². The van der Waals surface area contributed by atoms with Gasteiger partial charge in [0.05, 0.1) is 0 Å². The molecule has 2 amide bonds. The lowest BCUT2D eigenvalue weighted by molar-refractivity contribution is -0.122. The first-order valence-electron chi connectivity index (χ1n) is 7.86. The molecule has 0 radical (unpaired) electrons. The quantitative estimate of drug-likeness (QED) is 0.890. The van der Waals surface area contributed by atoms with Crippen molar-refractivity contribution in [3.05, 3.63) is 65.2 Å². The van der Waals surface area contributed by atoms with Crippen LogP contribution in [0.4, 0.5) is 5.69 Å². The summed E-state index contributed by atoms with van der Waals surface area (Å²) in [5, 5.41) is 5.78. The average Bonchev–Trinajstić information content (AvgIpc) is 3.40. The minimum Gasteiger partial charge on any atom is -0.352 e. The van der Waals surface area contributed by atoms with Crippen molar-refractivity contribution in [2.75, 3.05) is 5.32 Å². The Morgan fingerprint density at radius 1 is 1.00 bits per heavy atom. The first-order chi connectivity index (χ1) is 11.1. The van der Waals surface area contributed by atoms with Gasteiger partial charge in [-0.1, -0.05) is 29.8 Å². The average molecular weight is 308 g/mol. The molecule has 4 heteroatoms. The number of carbonyl (C=O) groups excluding carboxylic acids is 2. The summed E-state index contributed by atoms with van der Waals surface area (Å²) in [5.74, 6) is 0.211. The zero-order chi connectivity index (χ0) is 16.2. The summed E-state index contributed by atoms with van der Waals surface area (Å²) in [6.45, 7) is 2.52. The van der Waals surface area contributed by atoms with Gasteiger partial charge < -0.3 is 10.6 Å². The van der Waals surface area contributed by atoms with Crippen molar-refractivity contribution >= 4 is 17.5 Å². The Labute approximate surface area is 135 Å². The summed E-state index contributed by atoms with van der Waals surface area (Å²) in [5.41, 5.74) is 3.52. The number of hydrogen-bond donors (Lipinski definition) is 2. The summed E-state index contributed by atoms with van der Waals surface area (Å²) in [4.78, 5) is 23.8. The van der Waals surface area contributed by atoms with E-state index in [1.54, 1.807) is 12.1 Å². The topological polar surface area (TPSA) is 58.2 Å². The molecular weight excluding hydrogens is 288 g/mol. The number of hydrogen-bond acceptors (Lipinski definition) is 2. The largest absolute Gasteiger partial charge is 0.352 e. The van der Waals surface area contributed by atoms with E-state index in [2.05, 4.69) is 10.6 Å². The predicted molar refractivity (Wildman–Crippen MR) is 90.1 cm³/mol. The Morgan fingerprint density at radius 3 is 2.26 bits per heavy atom. The van der Waals surface area contributed by atoms with Gasteiger partial charge in [-0.15, -0.1) is 0 Å². The molecule has 0 heterocycles. The van der Waals surface area contributed by atoms with Gasteiger partial charge in [0, 0.05) is 23.7 Å². The summed E-state index contributed by atoms with van der Waals surface area (Å²) in [7, 11) is 0. The van der Waals surface area contributed by atoms with Gasteiger partial charge in [-0.2, -0.15) is 0 Å². The molecule has 0 saturated heterocycles. The molecule has 118 valence electrons. The van der Waals surface area contributed by atoms with Gasteiger partial charge in [0.15, 0.2) is 0 Å². The van der Waals surface area contributed by atoms with E-state index < -0.39 is 0 Å². The molecule has 3 rings (SSSR count). The lowest BCUT2D eigenvalue weighted by atomic mass is 10.1. The van der Waals surface area contributed by atoms with Crippen LogP contribution in [-0.2, 0) is 11.3 Å². The summed E-state index contributed by atoms with van der Waals surface area (Å²) >= 11 is 0. The van der Waals surface area contributed by atoms with E-state index in [1.807, 2.05) is 43.3 Å². The third-order valence-electron chi connectivity index (χ3n) is 3.94. The highest BCUT2D eigenvalue weighted by Crippen LogP contribution is 2.28. The zero-order valence-electron chi connectivity index (χ0n) is 13.1. The Bertz CT molecular complexity index is 701. The van der Waals surface area contributed by atoms with Crippen LogP contribution >= 0.6 is 0 Å². The van der Waals surface area contributed by atoms with Gasteiger partial charge in [0.2, 0.25) is 5.91 Å². The third-order valence-corrected chi connectivity index (χ3v) is 3.94. The molecule has 0 spiro atoms. The predicted octanol–water partition coefficient (Wildman–Crippen LogP) is 3.27. The molecule has 1 aliphatic rings. The number of amides is 2. The standard InChI is InChI=1S/C19H20N2O2/c1-13-2-10-17(11-3-13)21-19(23)16-6-4-14(5-7-16)12-20-18(22)15-8-9-15/h2-7,10-11,15H,8-9,12H2,1H3,(H,20,22)(H,21,23). The van der Waals surface area contributed by atoms with Crippen LogP contribution in [-0.4, -0.2) is 11.8 Å². The maximum atomic E-state index is 12.2. The lowest BCUT2D eigenvalue weighted by Crippen LogP contribution is -2.24. The molecule has 0 aliphatic heterocycles. The van der Waals surface area contributed by atoms with E-state index in [-0.39, 0.29) is 17.7 Å². The van der Waals surface area contributed by atoms with Crippen molar-refractivity contribution in [1.82, 2.24) is 5.32 Å². The summed E-state index contributed by atoms with van der Waals surface area (Å²) in [6, 6.07) is 15.0. The second-order valence-electron chi connectivity index (χ2n) is 6.01. The van der Waals surface area contributed by atoms with Gasteiger partial charge in [-0.25, -0.2) is 0 Å². The van der Waals surface area contributed by atoms with Gasteiger partial charge in [0.1, 0.15) is 0 Å². The highest BCUT2D eigenvalue weighted by atomic mass is 16.2. The molecule has 0 unspecified atom stereocenters. The van der Waals surface area contributed by atoms with Crippen LogP contribution in [0.2, 0.25) is 0 Å². The van der Waals surface area contributed by atoms with E-state index in [0.29, 0.717) is 12.1 Å². The first-order valence-corrected chi connectivity index (χ1v) is 7.86. The smallest absolute Gasteiger partial charge is 0.255 e. The highest BCUT2D eigenvalue weighted by molar-refractivity contribution is 6.04. The van der Waals surface area contributed by atoms with Crippen molar-refractivity contribution in [2.24, 2.45) is 5.92 Å². The normalized spacial score (nSPS) is 13.4. The van der Waals surface area contributed by atoms with Crippen molar-refractivity contribution in [2.45, 2.75) is 26.3 Å². The van der Waals surface area contributed by atoms with Gasteiger partial charge in [0.25, 0.3) is 5.91 Å². The molecule has 2 aromatic carbocycles. The zero-order valence-corrected chi connectivity index (χ0v) is 13.1. The molecule has 2 N–H and O–H groups in total. The fraction of sp³-hybridized carbons (Fsp3) is 0.263. The number of rotatable bonds is 5. The van der Waals surface area contributed by atoms with Crippen LogP contribution in [0.5, 0.6) is 0 Å². The van der Waals surface area contributed by atoms with Crippen molar-refractivity contribution in [1.29, 1.82) is 0 Å². The molecule has 1 fully saturated rings. The molecule has 2 aromatic rings. The number of aryl methyl sites for hydroxylation is 1. The molecule has 0 bridgehead atoms. The molecule has 1 aliphatic carbocycles. The van der Waals surface area contributed by atoms with Crippen LogP contribution in [0.25, 0.3) is 0 Å². The number of nitrogens with one attached hydrogen (secondary N) is 2. The van der Waals surface area contributed by atoms with Crippen molar-refractivity contribution < 1.29 is 9.59 Å². The summed E-state index contributed by atoms with van der Waals surface area (Å²) in [6.07, 6.45) is 2.01. The molecule has 4 nitrogen and oxygen atoms in total. The lowest BCUT2D eigenvalue weighted by Gasteiger charge is -2.07. The Kier molecular flexibility index (Phi) is 4.42. The molecule has 0 aromatic heterocycles.